The second-order valence-electron chi connectivity index (χ2n) is 8.82. The number of hydrogen-bond donors (Lipinski definition) is 4. The molecule has 0 amide bonds. The standard InChI is InChI=1S/C30H26O7/c1-35-24-9-17(10-25(15-24)36-2)3-4-19-13-26-28(16-27(19)34)37-30(18-5-7-21(31)8-6-18)29(26)20-11-22(32)14-23(33)12-20/h3-16,29-34H,1-2H3/b4-3+. The van der Waals surface area contributed by atoms with Crippen LogP contribution >= 0.6 is 0 Å². The molecule has 7 nitrogen and oxygen atoms in total. The molecule has 4 N–H and O–H groups in total. The van der Waals surface area contributed by atoms with Gasteiger partial charge in [-0.2, -0.15) is 0 Å². The Hall–Kier alpha value is -4.78. The maximum absolute atomic E-state index is 10.8. The zero-order valence-corrected chi connectivity index (χ0v) is 20.3. The van der Waals surface area contributed by atoms with Crippen LogP contribution in [-0.2, 0) is 0 Å². The molecule has 0 aliphatic carbocycles. The zero-order chi connectivity index (χ0) is 26.1. The topological polar surface area (TPSA) is 109 Å². The van der Waals surface area contributed by atoms with Crippen molar-refractivity contribution in [1.82, 2.24) is 0 Å². The van der Waals surface area contributed by atoms with Crippen molar-refractivity contribution in [2.45, 2.75) is 12.0 Å². The van der Waals surface area contributed by atoms with Gasteiger partial charge in [0.2, 0.25) is 0 Å². The maximum Gasteiger partial charge on any atom is 0.135 e. The molecule has 4 aromatic carbocycles. The first kappa shape index (κ1) is 23.9. The molecule has 5 rings (SSSR count). The first-order valence-corrected chi connectivity index (χ1v) is 11.6. The van der Waals surface area contributed by atoms with Gasteiger partial charge in [0.15, 0.2) is 0 Å². The molecule has 1 aliphatic heterocycles. The molecular weight excluding hydrogens is 472 g/mol. The Kier molecular flexibility index (Phi) is 6.27. The van der Waals surface area contributed by atoms with E-state index in [1.54, 1.807) is 68.8 Å². The lowest BCUT2D eigenvalue weighted by Crippen LogP contribution is -2.11. The van der Waals surface area contributed by atoms with Crippen LogP contribution in [0.5, 0.6) is 40.2 Å². The summed E-state index contributed by atoms with van der Waals surface area (Å²) in [6.07, 6.45) is 3.11. The first-order valence-electron chi connectivity index (χ1n) is 11.6. The molecule has 37 heavy (non-hydrogen) atoms. The quantitative estimate of drug-likeness (QED) is 0.243. The van der Waals surface area contributed by atoms with Crippen molar-refractivity contribution in [3.63, 3.8) is 0 Å². The molecule has 0 radical (unpaired) electrons. The number of phenolic OH excluding ortho intramolecular Hbond substituents is 4. The number of methoxy groups -OCH3 is 2. The van der Waals surface area contributed by atoms with E-state index in [4.69, 9.17) is 14.2 Å². The second-order valence-corrected chi connectivity index (χ2v) is 8.82. The van der Waals surface area contributed by atoms with Crippen LogP contribution in [0.15, 0.2) is 72.8 Å². The number of rotatable bonds is 6. The number of phenols is 4. The van der Waals surface area contributed by atoms with Crippen LogP contribution in [0.3, 0.4) is 0 Å². The Morgan fingerprint density at radius 1 is 0.676 bits per heavy atom. The predicted molar refractivity (Wildman–Crippen MR) is 140 cm³/mol. The van der Waals surface area contributed by atoms with Crippen LogP contribution in [0.1, 0.15) is 39.8 Å². The van der Waals surface area contributed by atoms with Crippen molar-refractivity contribution in [3.05, 3.63) is 101 Å². The molecule has 0 saturated heterocycles. The van der Waals surface area contributed by atoms with Gasteiger partial charge in [-0.3, -0.25) is 0 Å². The highest BCUT2D eigenvalue weighted by Gasteiger charge is 2.38. The summed E-state index contributed by atoms with van der Waals surface area (Å²) in [6.45, 7) is 0. The van der Waals surface area contributed by atoms with E-state index in [0.717, 1.165) is 16.7 Å². The first-order chi connectivity index (χ1) is 17.8. The summed E-state index contributed by atoms with van der Waals surface area (Å²) < 4.78 is 17.0. The molecule has 0 saturated carbocycles. The van der Waals surface area contributed by atoms with Crippen molar-refractivity contribution >= 4 is 12.2 Å². The highest BCUT2D eigenvalue weighted by atomic mass is 16.5. The lowest BCUT2D eigenvalue weighted by Gasteiger charge is -2.20. The van der Waals surface area contributed by atoms with Crippen molar-refractivity contribution < 1.29 is 34.6 Å². The lowest BCUT2D eigenvalue weighted by molar-refractivity contribution is 0.221. The van der Waals surface area contributed by atoms with E-state index < -0.39 is 12.0 Å². The fourth-order valence-corrected chi connectivity index (χ4v) is 4.64. The third-order valence-electron chi connectivity index (χ3n) is 6.39. The Bertz CT molecular complexity index is 1430. The highest BCUT2D eigenvalue weighted by Crippen LogP contribution is 2.52. The van der Waals surface area contributed by atoms with Crippen molar-refractivity contribution in [3.8, 4) is 40.2 Å². The zero-order valence-electron chi connectivity index (χ0n) is 20.3. The molecule has 0 bridgehead atoms. The summed E-state index contributed by atoms with van der Waals surface area (Å²) in [4.78, 5) is 0. The van der Waals surface area contributed by atoms with Gasteiger partial charge < -0.3 is 34.6 Å². The summed E-state index contributed by atoms with van der Waals surface area (Å²) in [5, 5.41) is 40.9. The van der Waals surface area contributed by atoms with Gasteiger partial charge in [-0.25, -0.2) is 0 Å². The van der Waals surface area contributed by atoms with Gasteiger partial charge in [-0.1, -0.05) is 24.3 Å². The van der Waals surface area contributed by atoms with E-state index in [1.165, 1.54) is 6.07 Å². The van der Waals surface area contributed by atoms with E-state index in [0.29, 0.717) is 28.4 Å². The minimum atomic E-state index is -0.516. The molecule has 1 aliphatic rings. The Morgan fingerprint density at radius 3 is 1.95 bits per heavy atom. The number of ether oxygens (including phenoxy) is 3. The van der Waals surface area contributed by atoms with E-state index >= 15 is 0 Å². The average molecular weight is 499 g/mol. The molecule has 1 heterocycles. The molecule has 2 atom stereocenters. The van der Waals surface area contributed by atoms with Gasteiger partial charge >= 0.3 is 0 Å². The van der Waals surface area contributed by atoms with E-state index in [-0.39, 0.29) is 23.0 Å². The molecule has 0 fully saturated rings. The Morgan fingerprint density at radius 2 is 1.32 bits per heavy atom. The Labute approximate surface area is 214 Å². The minimum absolute atomic E-state index is 0.0359. The summed E-state index contributed by atoms with van der Waals surface area (Å²) in [5.41, 5.74) is 3.60. The van der Waals surface area contributed by atoms with Gasteiger partial charge in [0.05, 0.1) is 20.1 Å². The number of aromatic hydroxyl groups is 4. The summed E-state index contributed by atoms with van der Waals surface area (Å²) in [5.74, 6) is 1.40. The Balaban J connectivity index is 1.59. The van der Waals surface area contributed by atoms with Crippen molar-refractivity contribution in [2.24, 2.45) is 0 Å². The van der Waals surface area contributed by atoms with Gasteiger partial charge in [0, 0.05) is 29.3 Å². The average Bonchev–Trinajstić information content (AvgIpc) is 3.24. The third kappa shape index (κ3) is 4.84. The number of benzene rings is 4. The largest absolute Gasteiger partial charge is 0.508 e. The van der Waals surface area contributed by atoms with Crippen LogP contribution in [0, 0.1) is 0 Å². The fourth-order valence-electron chi connectivity index (χ4n) is 4.64. The normalized spacial score (nSPS) is 16.4. The summed E-state index contributed by atoms with van der Waals surface area (Å²) in [7, 11) is 3.16. The van der Waals surface area contributed by atoms with Crippen LogP contribution in [-0.4, -0.2) is 34.6 Å². The van der Waals surface area contributed by atoms with Gasteiger partial charge in [-0.05, 0) is 59.2 Å². The maximum atomic E-state index is 10.8. The molecule has 188 valence electrons. The summed E-state index contributed by atoms with van der Waals surface area (Å²) in [6, 6.07) is 20.0. The number of fused-ring (bicyclic) bond motifs is 1. The van der Waals surface area contributed by atoms with Crippen LogP contribution in [0.4, 0.5) is 0 Å². The molecule has 0 aromatic heterocycles. The molecule has 4 aromatic rings. The van der Waals surface area contributed by atoms with Crippen molar-refractivity contribution in [2.75, 3.05) is 14.2 Å². The molecule has 2 unspecified atom stereocenters. The third-order valence-corrected chi connectivity index (χ3v) is 6.39. The lowest BCUT2D eigenvalue weighted by atomic mass is 9.84. The van der Waals surface area contributed by atoms with Crippen LogP contribution in [0.2, 0.25) is 0 Å². The minimum Gasteiger partial charge on any atom is -0.508 e. The number of hydrogen-bond acceptors (Lipinski definition) is 7. The monoisotopic (exact) mass is 498 g/mol. The van der Waals surface area contributed by atoms with Gasteiger partial charge in [0.25, 0.3) is 0 Å². The van der Waals surface area contributed by atoms with Crippen LogP contribution < -0.4 is 14.2 Å². The second kappa shape index (κ2) is 9.70. The van der Waals surface area contributed by atoms with E-state index in [9.17, 15) is 20.4 Å². The van der Waals surface area contributed by atoms with E-state index in [1.807, 2.05) is 24.3 Å². The van der Waals surface area contributed by atoms with E-state index in [2.05, 4.69) is 0 Å². The molecular formula is C30H26O7. The fraction of sp³-hybridized carbons (Fsp3) is 0.133. The smallest absolute Gasteiger partial charge is 0.135 e. The highest BCUT2D eigenvalue weighted by molar-refractivity contribution is 5.75. The van der Waals surface area contributed by atoms with Gasteiger partial charge in [-0.15, -0.1) is 0 Å². The van der Waals surface area contributed by atoms with Crippen LogP contribution in [0.25, 0.3) is 12.2 Å². The molecule has 0 spiro atoms. The predicted octanol–water partition coefficient (Wildman–Crippen LogP) is 5.96. The van der Waals surface area contributed by atoms with Gasteiger partial charge in [0.1, 0.15) is 46.4 Å². The summed E-state index contributed by atoms with van der Waals surface area (Å²) >= 11 is 0. The molecule has 7 heteroatoms. The SMILES string of the molecule is COc1cc(/C=C/c2cc3c(cc2O)OC(c2ccc(O)cc2)C3c2cc(O)cc(O)c2)cc(OC)c1. The van der Waals surface area contributed by atoms with Crippen molar-refractivity contribution in [1.29, 1.82) is 0 Å².